The van der Waals surface area contributed by atoms with Gasteiger partial charge in [0.05, 0.1) is 13.0 Å². The zero-order valence-electron chi connectivity index (χ0n) is 13.7. The van der Waals surface area contributed by atoms with Crippen LogP contribution in [0.15, 0.2) is 36.4 Å². The van der Waals surface area contributed by atoms with Crippen molar-refractivity contribution >= 4 is 5.97 Å². The van der Waals surface area contributed by atoms with Crippen molar-refractivity contribution in [3.63, 3.8) is 0 Å². The summed E-state index contributed by atoms with van der Waals surface area (Å²) in [6.07, 6.45) is 0.353. The molecule has 1 aliphatic rings. The van der Waals surface area contributed by atoms with Crippen LogP contribution in [0.4, 0.5) is 0 Å². The molecular weight excluding hydrogens is 308 g/mol. The molecule has 1 atom stereocenters. The first-order valence-electron chi connectivity index (χ1n) is 7.84. The van der Waals surface area contributed by atoms with E-state index < -0.39 is 11.9 Å². The quantitative estimate of drug-likeness (QED) is 0.913. The third kappa shape index (κ3) is 3.30. The van der Waals surface area contributed by atoms with Gasteiger partial charge in [-0.15, -0.1) is 0 Å². The van der Waals surface area contributed by atoms with Gasteiger partial charge in [0.25, 0.3) is 0 Å². The Labute approximate surface area is 140 Å². The first-order chi connectivity index (χ1) is 11.6. The van der Waals surface area contributed by atoms with Crippen molar-refractivity contribution in [1.82, 2.24) is 0 Å². The summed E-state index contributed by atoms with van der Waals surface area (Å²) in [5.41, 5.74) is 2.56. The van der Waals surface area contributed by atoms with Gasteiger partial charge in [0.1, 0.15) is 19.0 Å². The van der Waals surface area contributed by atoms with Crippen molar-refractivity contribution in [2.75, 3.05) is 20.3 Å². The summed E-state index contributed by atoms with van der Waals surface area (Å²) in [5.74, 6) is 0.380. The van der Waals surface area contributed by atoms with E-state index in [0.29, 0.717) is 42.4 Å². The van der Waals surface area contributed by atoms with Gasteiger partial charge in [-0.25, -0.2) is 0 Å². The van der Waals surface area contributed by atoms with Crippen LogP contribution in [0.5, 0.6) is 17.2 Å². The van der Waals surface area contributed by atoms with E-state index in [0.717, 1.165) is 11.1 Å². The third-order valence-electron chi connectivity index (χ3n) is 4.11. The second-order valence-electron chi connectivity index (χ2n) is 5.82. The highest BCUT2D eigenvalue weighted by atomic mass is 16.6. The molecule has 24 heavy (non-hydrogen) atoms. The van der Waals surface area contributed by atoms with Gasteiger partial charge in [0.15, 0.2) is 11.5 Å². The second-order valence-corrected chi connectivity index (χ2v) is 5.82. The van der Waals surface area contributed by atoms with Gasteiger partial charge in [-0.1, -0.05) is 23.8 Å². The number of hydrogen-bond donors (Lipinski definition) is 1. The summed E-state index contributed by atoms with van der Waals surface area (Å²) in [4.78, 5) is 11.9. The van der Waals surface area contributed by atoms with Gasteiger partial charge < -0.3 is 19.3 Å². The fraction of sp³-hybridized carbons (Fsp3) is 0.316. The number of rotatable bonds is 5. The third-order valence-corrected chi connectivity index (χ3v) is 4.11. The molecule has 5 heteroatoms. The molecule has 0 spiro atoms. The molecule has 126 valence electrons. The maximum absolute atomic E-state index is 11.9. The molecule has 0 fully saturated rings. The molecule has 0 aliphatic carbocycles. The molecule has 3 rings (SSSR count). The van der Waals surface area contributed by atoms with Gasteiger partial charge in [-0.3, -0.25) is 4.79 Å². The number of carboxylic acids is 1. The van der Waals surface area contributed by atoms with E-state index >= 15 is 0 Å². The SMILES string of the molecule is COc1ccc(C)cc1C(Cc1ccc2c(c1)OCCO2)C(=O)O. The smallest absolute Gasteiger partial charge is 0.311 e. The lowest BCUT2D eigenvalue weighted by Crippen LogP contribution is -2.17. The molecule has 1 N–H and O–H groups in total. The van der Waals surface area contributed by atoms with E-state index in [1.807, 2.05) is 43.3 Å². The Morgan fingerprint density at radius 2 is 1.92 bits per heavy atom. The molecular formula is C19H20O5. The number of hydrogen-bond acceptors (Lipinski definition) is 4. The number of benzene rings is 2. The Morgan fingerprint density at radius 1 is 1.17 bits per heavy atom. The first kappa shape index (κ1) is 16.2. The molecule has 1 aliphatic heterocycles. The summed E-state index contributed by atoms with van der Waals surface area (Å²) in [7, 11) is 1.55. The minimum absolute atomic E-state index is 0.353. The van der Waals surface area contributed by atoms with Gasteiger partial charge in [-0.2, -0.15) is 0 Å². The predicted octanol–water partition coefficient (Wildman–Crippen LogP) is 3.19. The second kappa shape index (κ2) is 6.83. The van der Waals surface area contributed by atoms with Crippen LogP contribution in [-0.2, 0) is 11.2 Å². The van der Waals surface area contributed by atoms with Gasteiger partial charge >= 0.3 is 5.97 Å². The molecule has 5 nitrogen and oxygen atoms in total. The lowest BCUT2D eigenvalue weighted by molar-refractivity contribution is -0.138. The highest BCUT2D eigenvalue weighted by Gasteiger charge is 2.25. The van der Waals surface area contributed by atoms with Crippen LogP contribution in [-0.4, -0.2) is 31.4 Å². The van der Waals surface area contributed by atoms with E-state index in [-0.39, 0.29) is 0 Å². The number of fused-ring (bicyclic) bond motifs is 1. The molecule has 0 saturated carbocycles. The molecule has 0 aromatic heterocycles. The highest BCUT2D eigenvalue weighted by molar-refractivity contribution is 5.78. The minimum atomic E-state index is -0.881. The topological polar surface area (TPSA) is 65.0 Å². The van der Waals surface area contributed by atoms with Crippen molar-refractivity contribution in [1.29, 1.82) is 0 Å². The average Bonchev–Trinajstić information content (AvgIpc) is 2.59. The van der Waals surface area contributed by atoms with Crippen LogP contribution in [0, 0.1) is 6.92 Å². The van der Waals surface area contributed by atoms with E-state index in [1.54, 1.807) is 7.11 Å². The van der Waals surface area contributed by atoms with Crippen molar-refractivity contribution in [2.45, 2.75) is 19.3 Å². The van der Waals surface area contributed by atoms with Crippen molar-refractivity contribution in [2.24, 2.45) is 0 Å². The maximum Gasteiger partial charge on any atom is 0.311 e. The average molecular weight is 328 g/mol. The van der Waals surface area contributed by atoms with E-state index in [4.69, 9.17) is 14.2 Å². The minimum Gasteiger partial charge on any atom is -0.496 e. The van der Waals surface area contributed by atoms with Crippen LogP contribution in [0.2, 0.25) is 0 Å². The highest BCUT2D eigenvalue weighted by Crippen LogP contribution is 2.35. The number of carboxylic acid groups (broad SMARTS) is 1. The lowest BCUT2D eigenvalue weighted by atomic mass is 9.90. The summed E-state index contributed by atoms with van der Waals surface area (Å²) < 4.78 is 16.4. The predicted molar refractivity (Wildman–Crippen MR) is 89.2 cm³/mol. The largest absolute Gasteiger partial charge is 0.496 e. The molecule has 1 heterocycles. The Bertz CT molecular complexity index is 753. The molecule has 0 radical (unpaired) electrons. The molecule has 2 aromatic rings. The summed E-state index contributed by atoms with van der Waals surface area (Å²) in [6.45, 7) is 2.97. The van der Waals surface area contributed by atoms with Gasteiger partial charge in [0.2, 0.25) is 0 Å². The van der Waals surface area contributed by atoms with E-state index in [1.165, 1.54) is 0 Å². The number of carbonyl (C=O) groups is 1. The zero-order chi connectivity index (χ0) is 17.1. The number of aliphatic carboxylic acids is 1. The van der Waals surface area contributed by atoms with E-state index in [2.05, 4.69) is 0 Å². The summed E-state index contributed by atoms with van der Waals surface area (Å²) >= 11 is 0. The number of methoxy groups -OCH3 is 1. The summed E-state index contributed by atoms with van der Waals surface area (Å²) in [6, 6.07) is 11.2. The number of ether oxygens (including phenoxy) is 3. The van der Waals surface area contributed by atoms with E-state index in [9.17, 15) is 9.90 Å². The van der Waals surface area contributed by atoms with Crippen LogP contribution in [0.25, 0.3) is 0 Å². The molecule has 0 amide bonds. The normalized spacial score (nSPS) is 14.1. The Balaban J connectivity index is 1.93. The van der Waals surface area contributed by atoms with Gasteiger partial charge in [-0.05, 0) is 37.1 Å². The standard InChI is InChI=1S/C19H20O5/c1-12-3-5-16(22-2)14(9-12)15(19(20)21)10-13-4-6-17-18(11-13)24-8-7-23-17/h3-6,9,11,15H,7-8,10H2,1-2H3,(H,20,21). The Kier molecular flexibility index (Phi) is 4.60. The molecule has 1 unspecified atom stereocenters. The van der Waals surface area contributed by atoms with Crippen molar-refractivity contribution in [3.05, 3.63) is 53.1 Å². The monoisotopic (exact) mass is 328 g/mol. The number of aryl methyl sites for hydroxylation is 1. The Morgan fingerprint density at radius 3 is 2.62 bits per heavy atom. The maximum atomic E-state index is 11.9. The first-order valence-corrected chi connectivity index (χ1v) is 7.84. The van der Waals surface area contributed by atoms with Crippen LogP contribution < -0.4 is 14.2 Å². The lowest BCUT2D eigenvalue weighted by Gasteiger charge is -2.20. The molecule has 0 bridgehead atoms. The van der Waals surface area contributed by atoms with Crippen molar-refractivity contribution in [3.8, 4) is 17.2 Å². The summed E-state index contributed by atoms with van der Waals surface area (Å²) in [5, 5.41) is 9.73. The molecule has 0 saturated heterocycles. The zero-order valence-corrected chi connectivity index (χ0v) is 13.7. The fourth-order valence-corrected chi connectivity index (χ4v) is 2.91. The van der Waals surface area contributed by atoms with Crippen LogP contribution in [0.3, 0.4) is 0 Å². The fourth-order valence-electron chi connectivity index (χ4n) is 2.91. The van der Waals surface area contributed by atoms with Gasteiger partial charge in [0, 0.05) is 5.56 Å². The van der Waals surface area contributed by atoms with Crippen LogP contribution >= 0.6 is 0 Å². The Hall–Kier alpha value is -2.69. The van der Waals surface area contributed by atoms with Crippen LogP contribution in [0.1, 0.15) is 22.6 Å². The molecule has 2 aromatic carbocycles. The van der Waals surface area contributed by atoms with Crippen molar-refractivity contribution < 1.29 is 24.1 Å².